The SMILES string of the molecule is CCCCC(Cc1c[nH]c2ccccc12)Cn1ccnn1. The number of aromatic nitrogens is 4. The summed E-state index contributed by atoms with van der Waals surface area (Å²) in [5.74, 6) is 0.603. The first kappa shape index (κ1) is 13.9. The van der Waals surface area contributed by atoms with Gasteiger partial charge in [0.05, 0.1) is 6.20 Å². The Hall–Kier alpha value is -2.10. The maximum absolute atomic E-state index is 4.11. The molecule has 0 saturated carbocycles. The molecular weight excluding hydrogens is 260 g/mol. The molecule has 0 radical (unpaired) electrons. The normalized spacial score (nSPS) is 12.8. The highest BCUT2D eigenvalue weighted by molar-refractivity contribution is 5.83. The fourth-order valence-corrected chi connectivity index (χ4v) is 2.96. The van der Waals surface area contributed by atoms with Gasteiger partial charge in [0, 0.05) is 29.8 Å². The fourth-order valence-electron chi connectivity index (χ4n) is 2.96. The molecule has 3 rings (SSSR count). The predicted molar refractivity (Wildman–Crippen MR) is 85.0 cm³/mol. The Balaban J connectivity index is 1.76. The summed E-state index contributed by atoms with van der Waals surface area (Å²) < 4.78 is 1.95. The molecule has 110 valence electrons. The molecule has 0 saturated heterocycles. The summed E-state index contributed by atoms with van der Waals surface area (Å²) in [6.45, 7) is 3.19. The first-order chi connectivity index (χ1) is 10.4. The number of hydrogen-bond acceptors (Lipinski definition) is 2. The van der Waals surface area contributed by atoms with Crippen molar-refractivity contribution in [2.24, 2.45) is 5.92 Å². The van der Waals surface area contributed by atoms with E-state index in [0.29, 0.717) is 5.92 Å². The van der Waals surface area contributed by atoms with E-state index >= 15 is 0 Å². The number of aromatic amines is 1. The number of nitrogens with one attached hydrogen (secondary N) is 1. The molecule has 4 heteroatoms. The van der Waals surface area contributed by atoms with Gasteiger partial charge in [-0.25, -0.2) is 0 Å². The number of hydrogen-bond donors (Lipinski definition) is 1. The Morgan fingerprint density at radius 3 is 3.00 bits per heavy atom. The van der Waals surface area contributed by atoms with E-state index in [4.69, 9.17) is 0 Å². The van der Waals surface area contributed by atoms with Crippen LogP contribution in [0.1, 0.15) is 31.7 Å². The summed E-state index contributed by atoms with van der Waals surface area (Å²) in [5.41, 5.74) is 2.63. The minimum Gasteiger partial charge on any atom is -0.361 e. The average molecular weight is 282 g/mol. The van der Waals surface area contributed by atoms with Gasteiger partial charge in [0.25, 0.3) is 0 Å². The Kier molecular flexibility index (Phi) is 4.34. The van der Waals surface area contributed by atoms with Crippen LogP contribution in [0.2, 0.25) is 0 Å². The van der Waals surface area contributed by atoms with Crippen molar-refractivity contribution < 1.29 is 0 Å². The van der Waals surface area contributed by atoms with E-state index in [9.17, 15) is 0 Å². The van der Waals surface area contributed by atoms with E-state index in [1.54, 1.807) is 6.20 Å². The molecule has 1 atom stereocenters. The van der Waals surface area contributed by atoms with Gasteiger partial charge in [-0.1, -0.05) is 43.2 Å². The smallest absolute Gasteiger partial charge is 0.0692 e. The van der Waals surface area contributed by atoms with Crippen molar-refractivity contribution in [3.05, 3.63) is 48.4 Å². The molecule has 2 heterocycles. The quantitative estimate of drug-likeness (QED) is 0.716. The molecule has 0 aliphatic carbocycles. The number of fused-ring (bicyclic) bond motifs is 1. The lowest BCUT2D eigenvalue weighted by molar-refractivity contribution is 0.376. The summed E-state index contributed by atoms with van der Waals surface area (Å²) in [5, 5.41) is 9.37. The second kappa shape index (κ2) is 6.57. The number of benzene rings is 1. The molecule has 21 heavy (non-hydrogen) atoms. The third-order valence-electron chi connectivity index (χ3n) is 4.07. The summed E-state index contributed by atoms with van der Waals surface area (Å²) in [7, 11) is 0. The van der Waals surface area contributed by atoms with Crippen molar-refractivity contribution in [2.75, 3.05) is 0 Å². The first-order valence-corrected chi connectivity index (χ1v) is 7.76. The Morgan fingerprint density at radius 1 is 1.29 bits per heavy atom. The van der Waals surface area contributed by atoms with Crippen molar-refractivity contribution >= 4 is 10.9 Å². The summed E-state index contributed by atoms with van der Waals surface area (Å²) in [4.78, 5) is 3.37. The van der Waals surface area contributed by atoms with Crippen LogP contribution in [0.5, 0.6) is 0 Å². The lowest BCUT2D eigenvalue weighted by atomic mass is 9.94. The molecule has 0 aliphatic heterocycles. The summed E-state index contributed by atoms with van der Waals surface area (Å²) in [6.07, 6.45) is 10.7. The number of nitrogens with zero attached hydrogens (tertiary/aromatic N) is 3. The molecule has 1 N–H and O–H groups in total. The van der Waals surface area contributed by atoms with Crippen LogP contribution in [0.25, 0.3) is 10.9 Å². The molecule has 3 aromatic rings. The molecule has 0 aliphatic rings. The van der Waals surface area contributed by atoms with Crippen molar-refractivity contribution in [1.82, 2.24) is 20.0 Å². The van der Waals surface area contributed by atoms with E-state index in [1.807, 2.05) is 10.9 Å². The molecule has 0 bridgehead atoms. The second-order valence-corrected chi connectivity index (χ2v) is 5.70. The summed E-state index contributed by atoms with van der Waals surface area (Å²) in [6, 6.07) is 8.52. The standard InChI is InChI=1S/C17H22N4/c1-2-3-6-14(13-21-10-9-19-20-21)11-15-12-18-17-8-5-4-7-16(15)17/h4-5,7-10,12,14,18H,2-3,6,11,13H2,1H3. The highest BCUT2D eigenvalue weighted by Gasteiger charge is 2.13. The van der Waals surface area contributed by atoms with Crippen LogP contribution in [0.4, 0.5) is 0 Å². The summed E-state index contributed by atoms with van der Waals surface area (Å²) >= 11 is 0. The van der Waals surface area contributed by atoms with E-state index in [2.05, 4.69) is 52.7 Å². The Bertz CT molecular complexity index is 669. The average Bonchev–Trinajstić information content (AvgIpc) is 3.15. The van der Waals surface area contributed by atoms with Crippen LogP contribution in [0.3, 0.4) is 0 Å². The maximum Gasteiger partial charge on any atom is 0.0692 e. The van der Waals surface area contributed by atoms with Gasteiger partial charge in [0.15, 0.2) is 0 Å². The largest absolute Gasteiger partial charge is 0.361 e. The van der Waals surface area contributed by atoms with Crippen LogP contribution < -0.4 is 0 Å². The van der Waals surface area contributed by atoms with Crippen LogP contribution >= 0.6 is 0 Å². The zero-order chi connectivity index (χ0) is 14.5. The van der Waals surface area contributed by atoms with Gasteiger partial charge in [0.2, 0.25) is 0 Å². The Morgan fingerprint density at radius 2 is 2.19 bits per heavy atom. The fraction of sp³-hybridized carbons (Fsp3) is 0.412. The van der Waals surface area contributed by atoms with E-state index in [-0.39, 0.29) is 0 Å². The number of unbranched alkanes of at least 4 members (excludes halogenated alkanes) is 1. The number of H-pyrrole nitrogens is 1. The molecule has 1 unspecified atom stereocenters. The van der Waals surface area contributed by atoms with Gasteiger partial charge >= 0.3 is 0 Å². The van der Waals surface area contributed by atoms with E-state index < -0.39 is 0 Å². The second-order valence-electron chi connectivity index (χ2n) is 5.70. The molecule has 1 aromatic carbocycles. The van der Waals surface area contributed by atoms with Gasteiger partial charge in [-0.05, 0) is 30.4 Å². The number of para-hydroxylation sites is 1. The van der Waals surface area contributed by atoms with Crippen molar-refractivity contribution in [3.8, 4) is 0 Å². The molecule has 0 fully saturated rings. The highest BCUT2D eigenvalue weighted by atomic mass is 15.4. The molecule has 0 spiro atoms. The monoisotopic (exact) mass is 282 g/mol. The Labute approximate surface area is 125 Å². The van der Waals surface area contributed by atoms with Gasteiger partial charge in [-0.2, -0.15) is 0 Å². The molecular formula is C17H22N4. The molecule has 0 amide bonds. The minimum atomic E-state index is 0.603. The van der Waals surface area contributed by atoms with Crippen LogP contribution in [0.15, 0.2) is 42.9 Å². The van der Waals surface area contributed by atoms with Crippen molar-refractivity contribution in [1.29, 1.82) is 0 Å². The van der Waals surface area contributed by atoms with Crippen LogP contribution in [-0.4, -0.2) is 20.0 Å². The van der Waals surface area contributed by atoms with Gasteiger partial charge < -0.3 is 4.98 Å². The molecule has 4 nitrogen and oxygen atoms in total. The predicted octanol–water partition coefficient (Wildman–Crippen LogP) is 3.81. The van der Waals surface area contributed by atoms with Crippen LogP contribution in [-0.2, 0) is 13.0 Å². The minimum absolute atomic E-state index is 0.603. The number of rotatable bonds is 7. The zero-order valence-corrected chi connectivity index (χ0v) is 12.5. The van der Waals surface area contributed by atoms with Crippen molar-refractivity contribution in [3.63, 3.8) is 0 Å². The maximum atomic E-state index is 4.11. The van der Waals surface area contributed by atoms with Crippen molar-refractivity contribution in [2.45, 2.75) is 39.2 Å². The van der Waals surface area contributed by atoms with Crippen LogP contribution in [0, 0.1) is 5.92 Å². The third kappa shape index (κ3) is 3.32. The van der Waals surface area contributed by atoms with Gasteiger partial charge in [-0.3, -0.25) is 4.68 Å². The van der Waals surface area contributed by atoms with E-state index in [0.717, 1.165) is 13.0 Å². The zero-order valence-electron chi connectivity index (χ0n) is 12.5. The first-order valence-electron chi connectivity index (χ1n) is 7.76. The highest BCUT2D eigenvalue weighted by Crippen LogP contribution is 2.23. The topological polar surface area (TPSA) is 46.5 Å². The lowest BCUT2D eigenvalue weighted by Crippen LogP contribution is -2.14. The van der Waals surface area contributed by atoms with Gasteiger partial charge in [0.1, 0.15) is 0 Å². The molecule has 2 aromatic heterocycles. The van der Waals surface area contributed by atoms with E-state index in [1.165, 1.54) is 35.7 Å². The lowest BCUT2D eigenvalue weighted by Gasteiger charge is -2.16. The van der Waals surface area contributed by atoms with Gasteiger partial charge in [-0.15, -0.1) is 5.10 Å². The third-order valence-corrected chi connectivity index (χ3v) is 4.07.